The van der Waals surface area contributed by atoms with Gasteiger partial charge in [-0.15, -0.1) is 0 Å². The maximum Gasteiger partial charge on any atom is 0.417 e. The third-order valence-electron chi connectivity index (χ3n) is 4.31. The van der Waals surface area contributed by atoms with Gasteiger partial charge < -0.3 is 14.5 Å². The Bertz CT molecular complexity index is 1040. The van der Waals surface area contributed by atoms with Crippen LogP contribution in [0, 0.1) is 13.8 Å². The second-order valence-corrected chi connectivity index (χ2v) is 6.43. The molecule has 2 heterocycles. The predicted molar refractivity (Wildman–Crippen MR) is 99.6 cm³/mol. The summed E-state index contributed by atoms with van der Waals surface area (Å²) in [5.74, 6) is -0.595. The van der Waals surface area contributed by atoms with Crippen LogP contribution in [0.4, 0.5) is 18.9 Å². The highest BCUT2D eigenvalue weighted by molar-refractivity contribution is 5.90. The smallest absolute Gasteiger partial charge is 0.325 e. The van der Waals surface area contributed by atoms with Crippen LogP contribution in [-0.4, -0.2) is 15.0 Å². The Morgan fingerprint density at radius 3 is 2.14 bits per heavy atom. The molecule has 0 unspecified atom stereocenters. The van der Waals surface area contributed by atoms with Crippen LogP contribution in [0.15, 0.2) is 59.5 Å². The zero-order chi connectivity index (χ0) is 20.5. The van der Waals surface area contributed by atoms with Gasteiger partial charge in [-0.3, -0.25) is 9.59 Å². The van der Waals surface area contributed by atoms with E-state index < -0.39 is 29.8 Å². The van der Waals surface area contributed by atoms with Crippen molar-refractivity contribution in [1.29, 1.82) is 0 Å². The van der Waals surface area contributed by atoms with Crippen LogP contribution < -0.4 is 10.9 Å². The quantitative estimate of drug-likeness (QED) is 0.736. The molecular formula is C20H18F3N3O2. The molecule has 0 saturated carbocycles. The van der Waals surface area contributed by atoms with E-state index >= 15 is 0 Å². The fraction of sp³-hybridized carbons (Fsp3) is 0.200. The highest BCUT2D eigenvalue weighted by Gasteiger charge is 2.31. The molecule has 0 fully saturated rings. The number of benzene rings is 1. The normalized spacial score (nSPS) is 11.5. The van der Waals surface area contributed by atoms with Gasteiger partial charge in [-0.05, 0) is 56.3 Å². The molecule has 1 N–H and O–H groups in total. The molecule has 0 aliphatic heterocycles. The van der Waals surface area contributed by atoms with Gasteiger partial charge in [0.15, 0.2) is 0 Å². The number of amides is 1. The van der Waals surface area contributed by atoms with Gasteiger partial charge in [0.2, 0.25) is 5.91 Å². The van der Waals surface area contributed by atoms with Crippen LogP contribution in [-0.2, 0) is 17.5 Å². The summed E-state index contributed by atoms with van der Waals surface area (Å²) in [6, 6.07) is 12.5. The minimum atomic E-state index is -4.59. The molecule has 5 nitrogen and oxygen atoms in total. The highest BCUT2D eigenvalue weighted by atomic mass is 19.4. The molecule has 3 rings (SSSR count). The van der Waals surface area contributed by atoms with Gasteiger partial charge in [0.05, 0.1) is 5.56 Å². The number of aromatic nitrogens is 2. The maximum absolute atomic E-state index is 12.8. The van der Waals surface area contributed by atoms with Gasteiger partial charge in [0, 0.05) is 35.0 Å². The van der Waals surface area contributed by atoms with Crippen molar-refractivity contribution in [3.8, 4) is 5.69 Å². The van der Waals surface area contributed by atoms with Crippen molar-refractivity contribution in [2.75, 3.05) is 5.32 Å². The largest absolute Gasteiger partial charge is 0.417 e. The van der Waals surface area contributed by atoms with Crippen LogP contribution >= 0.6 is 0 Å². The summed E-state index contributed by atoms with van der Waals surface area (Å²) in [6.07, 6.45) is -3.95. The van der Waals surface area contributed by atoms with E-state index in [1.807, 2.05) is 42.7 Å². The fourth-order valence-electron chi connectivity index (χ4n) is 2.95. The number of pyridine rings is 1. The molecule has 0 saturated heterocycles. The lowest BCUT2D eigenvalue weighted by Crippen LogP contribution is -2.28. The molecule has 146 valence electrons. The number of halogens is 3. The minimum Gasteiger partial charge on any atom is -0.325 e. The molecule has 2 aromatic heterocycles. The molecule has 28 heavy (non-hydrogen) atoms. The Hall–Kier alpha value is -3.29. The molecule has 0 spiro atoms. The van der Waals surface area contributed by atoms with Crippen molar-refractivity contribution in [2.24, 2.45) is 0 Å². The Morgan fingerprint density at radius 1 is 0.964 bits per heavy atom. The van der Waals surface area contributed by atoms with E-state index in [-0.39, 0.29) is 0 Å². The Kier molecular flexibility index (Phi) is 5.13. The van der Waals surface area contributed by atoms with Gasteiger partial charge in [-0.25, -0.2) is 0 Å². The van der Waals surface area contributed by atoms with E-state index in [0.717, 1.165) is 27.7 Å². The van der Waals surface area contributed by atoms with Crippen LogP contribution in [0.25, 0.3) is 5.69 Å². The zero-order valence-electron chi connectivity index (χ0n) is 15.2. The zero-order valence-corrected chi connectivity index (χ0v) is 15.2. The third-order valence-corrected chi connectivity index (χ3v) is 4.31. The predicted octanol–water partition coefficient (Wildman–Crippen LogP) is 3.91. The fourth-order valence-corrected chi connectivity index (χ4v) is 2.95. The summed E-state index contributed by atoms with van der Waals surface area (Å²) < 4.78 is 41.1. The first kappa shape index (κ1) is 19.5. The summed E-state index contributed by atoms with van der Waals surface area (Å²) in [4.78, 5) is 23.9. The summed E-state index contributed by atoms with van der Waals surface area (Å²) in [7, 11) is 0. The average Bonchev–Trinajstić information content (AvgIpc) is 2.95. The van der Waals surface area contributed by atoms with Gasteiger partial charge in [0.25, 0.3) is 5.56 Å². The summed E-state index contributed by atoms with van der Waals surface area (Å²) in [5, 5.41) is 2.59. The first-order valence-corrected chi connectivity index (χ1v) is 8.48. The van der Waals surface area contributed by atoms with Crippen molar-refractivity contribution in [2.45, 2.75) is 26.6 Å². The second kappa shape index (κ2) is 7.38. The monoisotopic (exact) mass is 389 g/mol. The van der Waals surface area contributed by atoms with Crippen molar-refractivity contribution in [3.05, 3.63) is 82.0 Å². The first-order chi connectivity index (χ1) is 13.1. The van der Waals surface area contributed by atoms with Crippen molar-refractivity contribution in [3.63, 3.8) is 0 Å². The van der Waals surface area contributed by atoms with Crippen LogP contribution in [0.3, 0.4) is 0 Å². The van der Waals surface area contributed by atoms with Crippen LogP contribution in [0.2, 0.25) is 0 Å². The molecule has 3 aromatic rings. The van der Waals surface area contributed by atoms with E-state index in [1.165, 1.54) is 0 Å². The van der Waals surface area contributed by atoms with Crippen LogP contribution in [0.5, 0.6) is 0 Å². The van der Waals surface area contributed by atoms with Crippen molar-refractivity contribution in [1.82, 2.24) is 9.13 Å². The number of nitrogens with one attached hydrogen (secondary N) is 1. The maximum atomic E-state index is 12.8. The van der Waals surface area contributed by atoms with Crippen molar-refractivity contribution < 1.29 is 18.0 Å². The number of rotatable bonds is 4. The molecule has 0 bridgehead atoms. The average molecular weight is 389 g/mol. The van der Waals surface area contributed by atoms with E-state index in [4.69, 9.17) is 0 Å². The number of aryl methyl sites for hydroxylation is 2. The first-order valence-electron chi connectivity index (χ1n) is 8.48. The summed E-state index contributed by atoms with van der Waals surface area (Å²) >= 11 is 0. The van der Waals surface area contributed by atoms with Crippen molar-refractivity contribution >= 4 is 11.6 Å². The standard InChI is InChI=1S/C20H18F3N3O2/c1-13-3-4-14(2)26(13)17-8-6-16(7-9-17)24-18(27)12-25-11-15(20(21,22)23)5-10-19(25)28/h3-11H,12H2,1-2H3,(H,24,27). The molecule has 0 atom stereocenters. The molecule has 0 radical (unpaired) electrons. The molecule has 0 aliphatic carbocycles. The SMILES string of the molecule is Cc1ccc(C)n1-c1ccc(NC(=O)Cn2cc(C(F)(F)F)ccc2=O)cc1. The topological polar surface area (TPSA) is 56.0 Å². The van der Waals surface area contributed by atoms with E-state index in [0.29, 0.717) is 18.0 Å². The lowest BCUT2D eigenvalue weighted by atomic mass is 10.2. The molecule has 8 heteroatoms. The number of carbonyl (C=O) groups is 1. The van der Waals surface area contributed by atoms with Gasteiger partial charge in [-0.1, -0.05) is 0 Å². The Balaban J connectivity index is 1.73. The molecule has 1 aromatic carbocycles. The number of alkyl halides is 3. The molecule has 0 aliphatic rings. The van der Waals surface area contributed by atoms with Gasteiger partial charge in [0.1, 0.15) is 6.54 Å². The summed E-state index contributed by atoms with van der Waals surface area (Å²) in [5.41, 5.74) is 1.87. The number of hydrogen-bond donors (Lipinski definition) is 1. The number of nitrogens with zero attached hydrogens (tertiary/aromatic N) is 2. The van der Waals surface area contributed by atoms with Gasteiger partial charge in [-0.2, -0.15) is 13.2 Å². The Morgan fingerprint density at radius 2 is 1.57 bits per heavy atom. The van der Waals surface area contributed by atoms with E-state index in [9.17, 15) is 22.8 Å². The minimum absolute atomic E-state index is 0.483. The van der Waals surface area contributed by atoms with Crippen LogP contribution in [0.1, 0.15) is 17.0 Å². The lowest BCUT2D eigenvalue weighted by molar-refractivity contribution is -0.138. The molecule has 1 amide bonds. The number of hydrogen-bond acceptors (Lipinski definition) is 2. The van der Waals surface area contributed by atoms with Gasteiger partial charge >= 0.3 is 6.18 Å². The third kappa shape index (κ3) is 4.16. The lowest BCUT2D eigenvalue weighted by Gasteiger charge is -2.12. The second-order valence-electron chi connectivity index (χ2n) is 6.43. The highest BCUT2D eigenvalue weighted by Crippen LogP contribution is 2.28. The number of anilines is 1. The molecular weight excluding hydrogens is 371 g/mol. The van der Waals surface area contributed by atoms with E-state index in [2.05, 4.69) is 5.32 Å². The van der Waals surface area contributed by atoms with E-state index in [1.54, 1.807) is 12.1 Å². The Labute approximate surface area is 159 Å². The summed E-state index contributed by atoms with van der Waals surface area (Å²) in [6.45, 7) is 3.45. The number of carbonyl (C=O) groups excluding carboxylic acids is 1.